The molecule has 7 atom stereocenters. The Morgan fingerprint density at radius 3 is 1.71 bits per heavy atom. The summed E-state index contributed by atoms with van der Waals surface area (Å²) in [5.41, 5.74) is -2.86. The minimum Gasteiger partial charge on any atom is -0.481 e. The zero-order valence-electron chi connectivity index (χ0n) is 34.0. The molecule has 294 valence electrons. The molecule has 1 heterocycles. The van der Waals surface area contributed by atoms with Gasteiger partial charge in [0.15, 0.2) is 5.60 Å². The van der Waals surface area contributed by atoms with E-state index in [4.69, 9.17) is 28.8 Å². The predicted octanol–water partition coefficient (Wildman–Crippen LogP) is 6.93. The highest BCUT2D eigenvalue weighted by molar-refractivity contribution is 5.87. The molecule has 3 aliphatic rings. The van der Waals surface area contributed by atoms with E-state index in [1.54, 1.807) is 20.8 Å². The number of hydrogen-bond acceptors (Lipinski definition) is 11. The molecule has 2 bridgehead atoms. The van der Waals surface area contributed by atoms with E-state index in [1.807, 2.05) is 83.1 Å². The maximum Gasteiger partial charge on any atom is 0.312 e. The molecule has 2 saturated carbocycles. The first-order valence-corrected chi connectivity index (χ1v) is 18.3. The smallest absolute Gasteiger partial charge is 0.312 e. The van der Waals surface area contributed by atoms with E-state index in [0.29, 0.717) is 19.3 Å². The monoisotopic (exact) mass is 726 g/mol. The molecule has 2 aliphatic carbocycles. The Morgan fingerprint density at radius 2 is 1.29 bits per heavy atom. The Bertz CT molecular complexity index is 1270. The van der Waals surface area contributed by atoms with Gasteiger partial charge in [-0.2, -0.15) is 0 Å². The highest BCUT2D eigenvalue weighted by Gasteiger charge is 2.77. The number of esters is 5. The lowest BCUT2D eigenvalue weighted by atomic mass is 9.66. The highest BCUT2D eigenvalue weighted by atomic mass is 16.6. The second-order valence-electron chi connectivity index (χ2n) is 17.4. The topological polar surface area (TPSA) is 169 Å². The van der Waals surface area contributed by atoms with Gasteiger partial charge in [0, 0.05) is 11.8 Å². The zero-order chi connectivity index (χ0) is 40.1. The lowest BCUT2D eigenvalue weighted by molar-refractivity contribution is -0.207. The van der Waals surface area contributed by atoms with Gasteiger partial charge in [-0.3, -0.25) is 28.8 Å². The van der Waals surface area contributed by atoms with E-state index >= 15 is 0 Å². The Hall–Kier alpha value is -3.18. The summed E-state index contributed by atoms with van der Waals surface area (Å²) >= 11 is 0. The second-order valence-corrected chi connectivity index (χ2v) is 17.4. The minimum absolute atomic E-state index is 0.0805. The molecule has 12 heteroatoms. The third kappa shape index (κ3) is 10.7. The van der Waals surface area contributed by atoms with Gasteiger partial charge in [0.05, 0.1) is 41.6 Å². The number of methoxy groups -OCH3 is 1. The maximum absolute atomic E-state index is 12.9. The van der Waals surface area contributed by atoms with Crippen molar-refractivity contribution >= 4 is 35.8 Å². The number of carbonyl (C=O) groups excluding carboxylic acids is 5. The van der Waals surface area contributed by atoms with Crippen LogP contribution >= 0.6 is 0 Å². The summed E-state index contributed by atoms with van der Waals surface area (Å²) in [6, 6.07) is 0. The molecule has 3 rings (SSSR count). The van der Waals surface area contributed by atoms with Crippen LogP contribution in [0.3, 0.4) is 0 Å². The molecular formula is C39H66O12. The Morgan fingerprint density at radius 1 is 0.824 bits per heavy atom. The number of carboxylic acids is 1. The molecule has 0 aromatic carbocycles. The van der Waals surface area contributed by atoms with Crippen molar-refractivity contribution < 1.29 is 57.6 Å². The quantitative estimate of drug-likeness (QED) is 0.163. The van der Waals surface area contributed by atoms with Gasteiger partial charge in [0.25, 0.3) is 0 Å². The van der Waals surface area contributed by atoms with Crippen molar-refractivity contribution in [1.29, 1.82) is 0 Å². The fourth-order valence-corrected chi connectivity index (χ4v) is 6.36. The summed E-state index contributed by atoms with van der Waals surface area (Å²) in [5, 5.41) is 8.47. The minimum atomic E-state index is -0.963. The van der Waals surface area contributed by atoms with Crippen molar-refractivity contribution in [1.82, 2.24) is 0 Å². The highest BCUT2D eigenvalue weighted by Crippen LogP contribution is 2.65. The van der Waals surface area contributed by atoms with Gasteiger partial charge in [-0.15, -0.1) is 0 Å². The van der Waals surface area contributed by atoms with Gasteiger partial charge >= 0.3 is 35.8 Å². The standard InChI is InChI=1S/C19H28O6.C10H18O4.C10H20O2/c1-7-18(4,5)17(22)25-19(9(2)3)11-8-10-12(13(11)15(20)23-6)16(21)24-14(10)19;1-5-10(3,4)9(13)14-7(2)6-8(11)12;1-7-10(5,6)8(11)12-9(2,3)4/h9-14H,7-8H2,1-6H3;7H,5-6H2,1-4H3,(H,11,12);7H2,1-6H3. The molecule has 0 aromatic heterocycles. The molecule has 1 saturated heterocycles. The van der Waals surface area contributed by atoms with Gasteiger partial charge in [-0.05, 0) is 101 Å². The van der Waals surface area contributed by atoms with Crippen molar-refractivity contribution in [3.05, 3.63) is 0 Å². The first-order valence-electron chi connectivity index (χ1n) is 18.3. The van der Waals surface area contributed by atoms with Crippen LogP contribution < -0.4 is 0 Å². The average molecular weight is 727 g/mol. The summed E-state index contributed by atoms with van der Waals surface area (Å²) in [7, 11) is 1.33. The summed E-state index contributed by atoms with van der Waals surface area (Å²) in [4.78, 5) is 71.0. The van der Waals surface area contributed by atoms with Crippen molar-refractivity contribution in [3.8, 4) is 0 Å². The first kappa shape index (κ1) is 45.8. The largest absolute Gasteiger partial charge is 0.481 e. The molecular weight excluding hydrogens is 660 g/mol. The molecule has 51 heavy (non-hydrogen) atoms. The summed E-state index contributed by atoms with van der Waals surface area (Å²) in [5.74, 6) is -3.96. The normalized spacial score (nSPS) is 25.7. The lowest BCUT2D eigenvalue weighted by Gasteiger charge is -2.46. The van der Waals surface area contributed by atoms with Crippen LogP contribution in [0.1, 0.15) is 136 Å². The van der Waals surface area contributed by atoms with Crippen LogP contribution in [0.25, 0.3) is 0 Å². The van der Waals surface area contributed by atoms with Crippen LogP contribution in [0, 0.1) is 45.8 Å². The number of fused-ring (bicyclic) bond motifs is 1. The molecule has 0 radical (unpaired) electrons. The van der Waals surface area contributed by atoms with E-state index in [9.17, 15) is 28.8 Å². The number of carboxylic acid groups (broad SMARTS) is 1. The second kappa shape index (κ2) is 17.1. The SMILES string of the molecule is CCC(C)(C)C(=O)OC(C)(C)C.CCC(C)(C)C(=O)OC(C)CC(=O)O.CCC(C)(C)C(=O)OC1(C(C)C)C2CC3C(C(=O)OC31)C2C(=O)OC. The first-order chi connectivity index (χ1) is 23.1. The number of hydrogen-bond donors (Lipinski definition) is 1. The molecule has 12 nitrogen and oxygen atoms in total. The number of ether oxygens (including phenoxy) is 5. The molecule has 3 fully saturated rings. The molecule has 1 aliphatic heterocycles. The van der Waals surface area contributed by atoms with Crippen molar-refractivity contribution in [2.45, 2.75) is 159 Å². The van der Waals surface area contributed by atoms with Crippen LogP contribution in [0.2, 0.25) is 0 Å². The van der Waals surface area contributed by atoms with Crippen molar-refractivity contribution in [2.75, 3.05) is 7.11 Å². The Labute approximate surface area is 305 Å². The molecule has 0 spiro atoms. The number of carbonyl (C=O) groups is 6. The van der Waals surface area contributed by atoms with Crippen LogP contribution in [0.5, 0.6) is 0 Å². The van der Waals surface area contributed by atoms with Crippen LogP contribution in [0.4, 0.5) is 0 Å². The van der Waals surface area contributed by atoms with Crippen LogP contribution in [-0.4, -0.2) is 71.4 Å². The summed E-state index contributed by atoms with van der Waals surface area (Å²) in [6.45, 7) is 28.0. The predicted molar refractivity (Wildman–Crippen MR) is 190 cm³/mol. The molecule has 1 N–H and O–H groups in total. The van der Waals surface area contributed by atoms with Crippen molar-refractivity contribution in [3.63, 3.8) is 0 Å². The van der Waals surface area contributed by atoms with E-state index in [0.717, 1.165) is 6.42 Å². The number of rotatable bonds is 12. The van der Waals surface area contributed by atoms with E-state index in [1.165, 1.54) is 7.11 Å². The van der Waals surface area contributed by atoms with Gasteiger partial charge in [0.2, 0.25) is 0 Å². The van der Waals surface area contributed by atoms with Crippen molar-refractivity contribution in [2.24, 2.45) is 45.8 Å². The molecule has 0 amide bonds. The zero-order valence-corrected chi connectivity index (χ0v) is 34.0. The van der Waals surface area contributed by atoms with Crippen LogP contribution in [0.15, 0.2) is 0 Å². The van der Waals surface area contributed by atoms with E-state index in [2.05, 4.69) is 0 Å². The van der Waals surface area contributed by atoms with Crippen LogP contribution in [-0.2, 0) is 52.5 Å². The van der Waals surface area contributed by atoms with E-state index < -0.39 is 52.4 Å². The third-order valence-electron chi connectivity index (χ3n) is 10.9. The third-order valence-corrected chi connectivity index (χ3v) is 10.9. The van der Waals surface area contributed by atoms with Gasteiger partial charge < -0.3 is 28.8 Å². The molecule has 0 aromatic rings. The average Bonchev–Trinajstić information content (AvgIpc) is 3.63. The Kier molecular flexibility index (Phi) is 15.4. The fraction of sp³-hybridized carbons (Fsp3) is 0.846. The maximum atomic E-state index is 12.9. The van der Waals surface area contributed by atoms with Gasteiger partial charge in [-0.25, -0.2) is 0 Å². The molecule has 7 unspecified atom stereocenters. The number of aliphatic carboxylic acids is 1. The summed E-state index contributed by atoms with van der Waals surface area (Å²) in [6.07, 6.45) is 1.60. The Balaban J connectivity index is 0.000000426. The fourth-order valence-electron chi connectivity index (χ4n) is 6.36. The van der Waals surface area contributed by atoms with E-state index in [-0.39, 0.29) is 59.1 Å². The van der Waals surface area contributed by atoms with Gasteiger partial charge in [0.1, 0.15) is 17.8 Å². The van der Waals surface area contributed by atoms with Gasteiger partial charge in [-0.1, -0.05) is 34.6 Å². The summed E-state index contributed by atoms with van der Waals surface area (Å²) < 4.78 is 27.0. The lowest BCUT2D eigenvalue weighted by Crippen LogP contribution is -2.58.